The molecule has 0 saturated carbocycles. The normalized spacial score (nSPS) is 12.2. The van der Waals surface area contributed by atoms with Gasteiger partial charge in [0, 0.05) is 12.1 Å². The van der Waals surface area contributed by atoms with E-state index in [0.717, 1.165) is 6.07 Å². The third kappa shape index (κ3) is 2.20. The van der Waals surface area contributed by atoms with Crippen LogP contribution < -0.4 is 0 Å². The van der Waals surface area contributed by atoms with Gasteiger partial charge >= 0.3 is 6.18 Å². The van der Waals surface area contributed by atoms with Crippen LogP contribution >= 0.6 is 0 Å². The van der Waals surface area contributed by atoms with Crippen molar-refractivity contribution in [2.45, 2.75) is 20.0 Å². The Kier molecular flexibility index (Phi) is 2.59. The Balaban J connectivity index is 3.20. The van der Waals surface area contributed by atoms with E-state index in [1.807, 2.05) is 0 Å². The molecule has 1 rings (SSSR count). The quantitative estimate of drug-likeness (QED) is 0.660. The van der Waals surface area contributed by atoms with Gasteiger partial charge < -0.3 is 0 Å². The maximum Gasteiger partial charge on any atom is 0.418 e. The average molecular weight is 188 g/mol. The molecule has 0 amide bonds. The molecule has 0 fully saturated rings. The summed E-state index contributed by atoms with van der Waals surface area (Å²) in [4.78, 5) is 3.69. The largest absolute Gasteiger partial charge is 0.418 e. The monoisotopic (exact) mass is 188 g/mol. The van der Waals surface area contributed by atoms with E-state index in [2.05, 4.69) is 4.98 Å². The molecule has 1 aromatic rings. The molecule has 0 saturated heterocycles. The minimum absolute atomic E-state index is 0.0231. The summed E-state index contributed by atoms with van der Waals surface area (Å²) >= 11 is 0. The van der Waals surface area contributed by atoms with Crippen molar-refractivity contribution in [3.05, 3.63) is 35.5 Å². The van der Waals surface area contributed by atoms with Crippen LogP contribution in [-0.2, 0) is 6.18 Å². The number of nitrogens with zero attached hydrogens (tertiary/aromatic N) is 1. The highest BCUT2D eigenvalue weighted by Crippen LogP contribution is 2.33. The summed E-state index contributed by atoms with van der Waals surface area (Å²) < 4.78 is 37.1. The molecule has 4 heteroatoms. The van der Waals surface area contributed by atoms with Crippen LogP contribution in [0, 0.1) is 5.92 Å². The Morgan fingerprint density at radius 2 is 1.92 bits per heavy atom. The van der Waals surface area contributed by atoms with Gasteiger partial charge in [0.15, 0.2) is 0 Å². The summed E-state index contributed by atoms with van der Waals surface area (Å²) in [6.45, 7) is 3.22. The lowest BCUT2D eigenvalue weighted by molar-refractivity contribution is -0.138. The van der Waals surface area contributed by atoms with Crippen molar-refractivity contribution in [2.24, 2.45) is 0 Å². The first-order chi connectivity index (χ1) is 5.93. The lowest BCUT2D eigenvalue weighted by atomic mass is 10.0. The Morgan fingerprint density at radius 3 is 2.31 bits per heavy atom. The molecule has 71 valence electrons. The van der Waals surface area contributed by atoms with Crippen LogP contribution in [0.2, 0.25) is 0 Å². The Hall–Kier alpha value is -1.06. The minimum Gasteiger partial charge on any atom is -0.260 e. The third-order valence-electron chi connectivity index (χ3n) is 1.59. The number of hydrogen-bond acceptors (Lipinski definition) is 1. The molecule has 0 N–H and O–H groups in total. The van der Waals surface area contributed by atoms with Gasteiger partial charge in [-0.2, -0.15) is 13.2 Å². The van der Waals surface area contributed by atoms with E-state index in [-0.39, 0.29) is 5.69 Å². The third-order valence-corrected chi connectivity index (χ3v) is 1.59. The number of halogens is 3. The molecule has 0 spiro atoms. The van der Waals surface area contributed by atoms with Crippen LogP contribution in [-0.4, -0.2) is 4.98 Å². The predicted molar refractivity (Wildman–Crippen MR) is 42.9 cm³/mol. The predicted octanol–water partition coefficient (Wildman–Crippen LogP) is 3.06. The Bertz CT molecular complexity index is 291. The number of aromatic nitrogens is 1. The van der Waals surface area contributed by atoms with Crippen LogP contribution in [0.15, 0.2) is 18.3 Å². The Morgan fingerprint density at radius 1 is 1.31 bits per heavy atom. The van der Waals surface area contributed by atoms with E-state index in [0.29, 0.717) is 5.92 Å². The summed E-state index contributed by atoms with van der Waals surface area (Å²) in [5.74, 6) is 0.563. The molecule has 0 aliphatic carbocycles. The van der Waals surface area contributed by atoms with Gasteiger partial charge in [0.2, 0.25) is 0 Å². The molecule has 13 heavy (non-hydrogen) atoms. The van der Waals surface area contributed by atoms with Crippen molar-refractivity contribution in [1.29, 1.82) is 0 Å². The van der Waals surface area contributed by atoms with E-state index in [1.54, 1.807) is 13.8 Å². The van der Waals surface area contributed by atoms with E-state index in [9.17, 15) is 13.2 Å². The van der Waals surface area contributed by atoms with E-state index < -0.39 is 11.7 Å². The van der Waals surface area contributed by atoms with Gasteiger partial charge in [-0.15, -0.1) is 0 Å². The zero-order chi connectivity index (χ0) is 10.1. The molecule has 0 atom stereocenters. The first kappa shape index (κ1) is 10.0. The highest BCUT2D eigenvalue weighted by molar-refractivity contribution is 5.32. The fourth-order valence-corrected chi connectivity index (χ4v) is 1.03. The molecular weight excluding hydrogens is 179 g/mol. The van der Waals surface area contributed by atoms with Gasteiger partial charge in [-0.05, 0) is 12.1 Å². The first-order valence-electron chi connectivity index (χ1n) is 3.75. The van der Waals surface area contributed by atoms with E-state index in [1.165, 1.54) is 12.3 Å². The maximum absolute atomic E-state index is 12.4. The van der Waals surface area contributed by atoms with Gasteiger partial charge in [-0.3, -0.25) is 4.98 Å². The molecular formula is C9H9F3N. The molecule has 0 aromatic carbocycles. The zero-order valence-electron chi connectivity index (χ0n) is 7.31. The minimum atomic E-state index is -4.32. The molecule has 0 aliphatic rings. The van der Waals surface area contributed by atoms with Crippen LogP contribution in [0.25, 0.3) is 0 Å². The fourth-order valence-electron chi connectivity index (χ4n) is 1.03. The van der Waals surface area contributed by atoms with Crippen molar-refractivity contribution in [2.75, 3.05) is 0 Å². The zero-order valence-corrected chi connectivity index (χ0v) is 7.31. The summed E-state index contributed by atoms with van der Waals surface area (Å²) in [6, 6.07) is 2.32. The topological polar surface area (TPSA) is 12.9 Å². The van der Waals surface area contributed by atoms with Crippen molar-refractivity contribution in [1.82, 2.24) is 4.98 Å². The lowest BCUT2D eigenvalue weighted by Gasteiger charge is -2.12. The number of pyridine rings is 1. The second-order valence-electron chi connectivity index (χ2n) is 2.90. The van der Waals surface area contributed by atoms with Crippen molar-refractivity contribution in [3.8, 4) is 0 Å². The van der Waals surface area contributed by atoms with Crippen LogP contribution in [0.5, 0.6) is 0 Å². The standard InChI is InChI=1S/C9H9F3N/c1-6(2)8-7(9(10,11)12)4-3-5-13-8/h3-5H,1-2H3. The average Bonchev–Trinajstić information content (AvgIpc) is 2.03. The van der Waals surface area contributed by atoms with E-state index >= 15 is 0 Å². The molecule has 1 aromatic heterocycles. The molecule has 0 aliphatic heterocycles. The van der Waals surface area contributed by atoms with Gasteiger partial charge in [-0.25, -0.2) is 0 Å². The Labute approximate surface area is 74.6 Å². The molecule has 1 nitrogen and oxygen atoms in total. The van der Waals surface area contributed by atoms with Gasteiger partial charge in [0.1, 0.15) is 0 Å². The molecule has 0 bridgehead atoms. The maximum atomic E-state index is 12.4. The van der Waals surface area contributed by atoms with Crippen molar-refractivity contribution in [3.63, 3.8) is 0 Å². The van der Waals surface area contributed by atoms with Crippen molar-refractivity contribution >= 4 is 0 Å². The van der Waals surface area contributed by atoms with Crippen molar-refractivity contribution < 1.29 is 13.2 Å². The number of alkyl halides is 3. The van der Waals surface area contributed by atoms with Gasteiger partial charge in [-0.1, -0.05) is 13.8 Å². The molecule has 1 heterocycles. The first-order valence-corrected chi connectivity index (χ1v) is 3.75. The highest BCUT2D eigenvalue weighted by Gasteiger charge is 2.34. The summed E-state index contributed by atoms with van der Waals surface area (Å²) in [5, 5.41) is 0. The van der Waals surface area contributed by atoms with Gasteiger partial charge in [0.25, 0.3) is 0 Å². The summed E-state index contributed by atoms with van der Waals surface area (Å²) in [6.07, 6.45) is -2.96. The van der Waals surface area contributed by atoms with Crippen LogP contribution in [0.4, 0.5) is 13.2 Å². The molecule has 1 radical (unpaired) electrons. The van der Waals surface area contributed by atoms with E-state index in [4.69, 9.17) is 0 Å². The fraction of sp³-hybridized carbons (Fsp3) is 0.333. The number of rotatable bonds is 1. The second-order valence-corrected chi connectivity index (χ2v) is 2.90. The number of hydrogen-bond donors (Lipinski definition) is 0. The summed E-state index contributed by atoms with van der Waals surface area (Å²) in [5.41, 5.74) is -0.648. The van der Waals surface area contributed by atoms with Gasteiger partial charge in [0.05, 0.1) is 11.3 Å². The summed E-state index contributed by atoms with van der Waals surface area (Å²) in [7, 11) is 0. The smallest absolute Gasteiger partial charge is 0.260 e. The SMILES string of the molecule is C[C](C)c1ncccc1C(F)(F)F. The lowest BCUT2D eigenvalue weighted by Crippen LogP contribution is -2.11. The molecule has 0 unspecified atom stereocenters. The van der Waals surface area contributed by atoms with Crippen LogP contribution in [0.1, 0.15) is 25.1 Å². The van der Waals surface area contributed by atoms with Crippen LogP contribution in [0.3, 0.4) is 0 Å². The second kappa shape index (κ2) is 3.36. The highest BCUT2D eigenvalue weighted by atomic mass is 19.4.